The normalized spacial score (nSPS) is 13.1. The van der Waals surface area contributed by atoms with Gasteiger partial charge in [-0.05, 0) is 6.07 Å². The van der Waals surface area contributed by atoms with Crippen LogP contribution in [0, 0.1) is 10.1 Å². The van der Waals surface area contributed by atoms with E-state index in [0.29, 0.717) is 22.8 Å². The highest BCUT2D eigenvalue weighted by atomic mass is 16.7. The summed E-state index contributed by atoms with van der Waals surface area (Å²) in [5, 5.41) is 10.2. The Kier molecular flexibility index (Phi) is 2.63. The van der Waals surface area contributed by atoms with Crippen molar-refractivity contribution in [3.63, 3.8) is 0 Å². The molecule has 1 aromatic rings. The van der Waals surface area contributed by atoms with E-state index in [1.165, 1.54) is 13.2 Å². The van der Waals surface area contributed by atoms with E-state index < -0.39 is 4.92 Å². The molecule has 2 rings (SSSR count). The van der Waals surface area contributed by atoms with Crippen LogP contribution >= 0.6 is 0 Å². The van der Waals surface area contributed by atoms with Crippen molar-refractivity contribution in [1.29, 1.82) is 0 Å². The molecule has 0 bridgehead atoms. The van der Waals surface area contributed by atoms with Crippen LogP contribution in [0.1, 0.15) is 5.56 Å². The summed E-state index contributed by atoms with van der Waals surface area (Å²) in [4.78, 5) is 9.69. The molecule has 84 valence electrons. The quantitative estimate of drug-likeness (QED) is 0.575. The number of ether oxygens (including phenoxy) is 3. The maximum atomic E-state index is 10.2. The van der Waals surface area contributed by atoms with Gasteiger partial charge in [0.1, 0.15) is 5.75 Å². The molecule has 0 saturated heterocycles. The molecule has 0 aliphatic carbocycles. The minimum absolute atomic E-state index is 0.154. The van der Waals surface area contributed by atoms with Gasteiger partial charge in [0.15, 0.2) is 11.5 Å². The zero-order chi connectivity index (χ0) is 11.5. The van der Waals surface area contributed by atoms with E-state index in [1.807, 2.05) is 0 Å². The molecule has 0 radical (unpaired) electrons. The Morgan fingerprint density at radius 3 is 2.75 bits per heavy atom. The number of fused-ring (bicyclic) bond motifs is 1. The Morgan fingerprint density at radius 1 is 1.44 bits per heavy atom. The third-order valence-electron chi connectivity index (χ3n) is 2.10. The minimum Gasteiger partial charge on any atom is -0.496 e. The molecule has 0 aromatic heterocycles. The minimum atomic E-state index is -0.538. The summed E-state index contributed by atoms with van der Waals surface area (Å²) in [6, 6.07) is 3.28. The topological polar surface area (TPSA) is 70.8 Å². The summed E-state index contributed by atoms with van der Waals surface area (Å²) < 4.78 is 15.4. The van der Waals surface area contributed by atoms with Crippen molar-refractivity contribution in [2.45, 2.75) is 0 Å². The van der Waals surface area contributed by atoms with Gasteiger partial charge in [0.2, 0.25) is 13.0 Å². The van der Waals surface area contributed by atoms with E-state index in [9.17, 15) is 10.1 Å². The molecule has 6 heteroatoms. The fraction of sp³-hybridized carbons (Fsp3) is 0.200. The lowest BCUT2D eigenvalue weighted by Gasteiger charge is -2.05. The summed E-state index contributed by atoms with van der Waals surface area (Å²) in [6.07, 6.45) is 2.20. The van der Waals surface area contributed by atoms with Gasteiger partial charge in [-0.15, -0.1) is 0 Å². The first-order chi connectivity index (χ1) is 7.70. The Balaban J connectivity index is 2.39. The Morgan fingerprint density at radius 2 is 2.12 bits per heavy atom. The van der Waals surface area contributed by atoms with E-state index in [-0.39, 0.29) is 6.79 Å². The van der Waals surface area contributed by atoms with E-state index in [0.717, 1.165) is 6.20 Å². The Bertz CT molecular complexity index is 455. The van der Waals surface area contributed by atoms with Crippen LogP contribution < -0.4 is 14.2 Å². The highest BCUT2D eigenvalue weighted by Gasteiger charge is 2.16. The number of hydrogen-bond donors (Lipinski definition) is 0. The molecule has 16 heavy (non-hydrogen) atoms. The number of rotatable bonds is 3. The van der Waals surface area contributed by atoms with Crippen LogP contribution in [0.15, 0.2) is 18.3 Å². The monoisotopic (exact) mass is 223 g/mol. The summed E-state index contributed by atoms with van der Waals surface area (Å²) >= 11 is 0. The van der Waals surface area contributed by atoms with Crippen molar-refractivity contribution in [3.8, 4) is 17.2 Å². The average molecular weight is 223 g/mol. The van der Waals surface area contributed by atoms with Crippen LogP contribution in [0.4, 0.5) is 0 Å². The van der Waals surface area contributed by atoms with Crippen molar-refractivity contribution in [1.82, 2.24) is 0 Å². The van der Waals surface area contributed by atoms with Crippen LogP contribution in [0.5, 0.6) is 17.2 Å². The van der Waals surface area contributed by atoms with E-state index in [1.54, 1.807) is 12.1 Å². The van der Waals surface area contributed by atoms with Gasteiger partial charge in [0.05, 0.1) is 12.0 Å². The Hall–Kier alpha value is -2.24. The summed E-state index contributed by atoms with van der Waals surface area (Å²) in [6.45, 7) is 0.154. The van der Waals surface area contributed by atoms with Gasteiger partial charge < -0.3 is 14.2 Å². The molecule has 0 unspecified atom stereocenters. The lowest BCUT2D eigenvalue weighted by molar-refractivity contribution is -0.400. The molecular formula is C10H9NO5. The summed E-state index contributed by atoms with van der Waals surface area (Å²) in [7, 11) is 1.49. The number of nitro groups is 1. The third-order valence-corrected chi connectivity index (χ3v) is 2.10. The predicted molar refractivity (Wildman–Crippen MR) is 55.1 cm³/mol. The lowest BCUT2D eigenvalue weighted by Crippen LogP contribution is -1.92. The molecular weight excluding hydrogens is 214 g/mol. The molecule has 0 saturated carbocycles. The number of hydrogen-bond acceptors (Lipinski definition) is 5. The highest BCUT2D eigenvalue weighted by molar-refractivity contribution is 5.63. The van der Waals surface area contributed by atoms with Gasteiger partial charge in [-0.2, -0.15) is 0 Å². The van der Waals surface area contributed by atoms with Crippen LogP contribution in [-0.4, -0.2) is 18.8 Å². The molecule has 1 aliphatic heterocycles. The van der Waals surface area contributed by atoms with Crippen molar-refractivity contribution in [3.05, 3.63) is 34.0 Å². The third kappa shape index (κ3) is 1.90. The van der Waals surface area contributed by atoms with Gasteiger partial charge in [0.25, 0.3) is 0 Å². The molecule has 0 N–H and O–H groups in total. The molecule has 0 atom stereocenters. The highest BCUT2D eigenvalue weighted by Crippen LogP contribution is 2.38. The fourth-order valence-corrected chi connectivity index (χ4v) is 1.39. The van der Waals surface area contributed by atoms with Crippen LogP contribution in [0.25, 0.3) is 6.08 Å². The number of nitrogens with zero attached hydrogens (tertiary/aromatic N) is 1. The van der Waals surface area contributed by atoms with E-state index >= 15 is 0 Å². The molecule has 1 aliphatic rings. The second-order valence-corrected chi connectivity index (χ2v) is 3.05. The SMILES string of the molecule is COc1cc2c(cc1C=C[N+](=O)[O-])OCO2. The maximum Gasteiger partial charge on any atom is 0.235 e. The summed E-state index contributed by atoms with van der Waals surface area (Å²) in [5.41, 5.74) is 0.573. The van der Waals surface area contributed by atoms with Crippen LogP contribution in [0.2, 0.25) is 0 Å². The standard InChI is InChI=1S/C10H9NO5/c1-14-8-5-10-9(15-6-16-10)4-7(8)2-3-11(12)13/h2-5H,6H2,1H3. The van der Waals surface area contributed by atoms with Gasteiger partial charge in [-0.3, -0.25) is 10.1 Å². The zero-order valence-corrected chi connectivity index (χ0v) is 8.50. The zero-order valence-electron chi connectivity index (χ0n) is 8.50. The van der Waals surface area contributed by atoms with Crippen molar-refractivity contribution >= 4 is 6.08 Å². The summed E-state index contributed by atoms with van der Waals surface area (Å²) in [5.74, 6) is 1.64. The second kappa shape index (κ2) is 4.09. The molecule has 1 aromatic carbocycles. The van der Waals surface area contributed by atoms with Crippen molar-refractivity contribution < 1.29 is 19.1 Å². The van der Waals surface area contributed by atoms with Gasteiger partial charge in [-0.25, -0.2) is 0 Å². The Labute approximate surface area is 91.2 Å². The average Bonchev–Trinajstić information content (AvgIpc) is 2.71. The van der Waals surface area contributed by atoms with E-state index in [4.69, 9.17) is 14.2 Å². The lowest BCUT2D eigenvalue weighted by atomic mass is 10.1. The predicted octanol–water partition coefficient (Wildman–Crippen LogP) is 1.67. The maximum absolute atomic E-state index is 10.2. The van der Waals surface area contributed by atoms with Crippen LogP contribution in [0.3, 0.4) is 0 Å². The van der Waals surface area contributed by atoms with Gasteiger partial charge in [-0.1, -0.05) is 0 Å². The van der Waals surface area contributed by atoms with Crippen molar-refractivity contribution in [2.24, 2.45) is 0 Å². The van der Waals surface area contributed by atoms with Crippen LogP contribution in [-0.2, 0) is 0 Å². The first-order valence-electron chi connectivity index (χ1n) is 4.50. The molecule has 0 fully saturated rings. The fourth-order valence-electron chi connectivity index (χ4n) is 1.39. The number of benzene rings is 1. The first-order valence-corrected chi connectivity index (χ1v) is 4.50. The van der Waals surface area contributed by atoms with E-state index in [2.05, 4.69) is 0 Å². The molecule has 1 heterocycles. The smallest absolute Gasteiger partial charge is 0.235 e. The second-order valence-electron chi connectivity index (χ2n) is 3.05. The first kappa shape index (κ1) is 10.3. The van der Waals surface area contributed by atoms with Gasteiger partial charge in [0, 0.05) is 17.7 Å². The van der Waals surface area contributed by atoms with Gasteiger partial charge >= 0.3 is 0 Å². The number of methoxy groups -OCH3 is 1. The van der Waals surface area contributed by atoms with Crippen molar-refractivity contribution in [2.75, 3.05) is 13.9 Å². The molecule has 0 amide bonds. The largest absolute Gasteiger partial charge is 0.496 e. The molecule has 6 nitrogen and oxygen atoms in total. The molecule has 0 spiro atoms.